The maximum absolute atomic E-state index is 13.0. The molecule has 0 saturated heterocycles. The minimum atomic E-state index is -5.16. The normalized spacial score (nSPS) is 12.5. The molecule has 0 spiro atoms. The van der Waals surface area contributed by atoms with Gasteiger partial charge in [-0.05, 0) is 42.5 Å². The van der Waals surface area contributed by atoms with Gasteiger partial charge >= 0.3 is 18.3 Å². The summed E-state index contributed by atoms with van der Waals surface area (Å²) >= 11 is 7.24. The van der Waals surface area contributed by atoms with Gasteiger partial charge in [-0.1, -0.05) is 29.8 Å². The summed E-state index contributed by atoms with van der Waals surface area (Å²) < 4.78 is 78.2. The minimum Gasteiger partial charge on any atom is -0.477 e. The first kappa shape index (κ1) is 25.3. The number of rotatable bonds is 5. The second-order valence-corrected chi connectivity index (χ2v) is 8.32. The molecule has 0 unspecified atom stereocenters. The van der Waals surface area contributed by atoms with Crippen LogP contribution in [-0.2, 0) is 17.1 Å². The Bertz CT molecular complexity index is 1250. The van der Waals surface area contributed by atoms with E-state index in [-0.39, 0.29) is 18.2 Å². The number of carboxylic acid groups (broad SMARTS) is 1. The monoisotopic (exact) mass is 519 g/mol. The molecule has 3 rings (SSSR count). The zero-order valence-electron chi connectivity index (χ0n) is 16.6. The van der Waals surface area contributed by atoms with Crippen molar-refractivity contribution in [2.75, 3.05) is 0 Å². The number of carbonyl (C=O) groups is 2. The van der Waals surface area contributed by atoms with Gasteiger partial charge in [0.1, 0.15) is 5.70 Å². The molecule has 0 aliphatic carbocycles. The number of nitrogens with one attached hydrogen (secondary N) is 1. The SMILES string of the molecule is O=C(O)/C(=C\c1ccc(-c2ccccc2Cl)s1)NC(=O)c1cc(C(F)(F)F)cc(C(F)(F)F)c1. The van der Waals surface area contributed by atoms with E-state index >= 15 is 0 Å². The molecule has 34 heavy (non-hydrogen) atoms. The number of hydrogen-bond acceptors (Lipinski definition) is 3. The topological polar surface area (TPSA) is 66.4 Å². The summed E-state index contributed by atoms with van der Waals surface area (Å²) in [6.07, 6.45) is -9.29. The summed E-state index contributed by atoms with van der Waals surface area (Å²) in [5, 5.41) is 11.7. The highest BCUT2D eigenvalue weighted by atomic mass is 35.5. The van der Waals surface area contributed by atoms with E-state index in [1.165, 1.54) is 6.07 Å². The summed E-state index contributed by atoms with van der Waals surface area (Å²) in [5.74, 6) is -3.10. The molecule has 1 amide bonds. The smallest absolute Gasteiger partial charge is 0.416 e. The molecular formula is C22H12ClF6NO3S. The molecule has 1 aromatic heterocycles. The summed E-state index contributed by atoms with van der Waals surface area (Å²) in [7, 11) is 0. The maximum atomic E-state index is 13.0. The molecule has 4 nitrogen and oxygen atoms in total. The Labute approximate surface area is 197 Å². The number of benzene rings is 2. The van der Waals surface area contributed by atoms with Gasteiger partial charge < -0.3 is 10.4 Å². The summed E-state index contributed by atoms with van der Waals surface area (Å²) in [5.41, 5.74) is -4.48. The molecule has 0 atom stereocenters. The van der Waals surface area contributed by atoms with Gasteiger partial charge in [0.25, 0.3) is 5.91 Å². The maximum Gasteiger partial charge on any atom is 0.416 e. The van der Waals surface area contributed by atoms with E-state index in [0.29, 0.717) is 20.3 Å². The Hall–Kier alpha value is -3.31. The van der Waals surface area contributed by atoms with E-state index in [1.54, 1.807) is 30.3 Å². The van der Waals surface area contributed by atoms with E-state index in [1.807, 2.05) is 5.32 Å². The van der Waals surface area contributed by atoms with Crippen LogP contribution in [0.4, 0.5) is 26.3 Å². The molecule has 178 valence electrons. The van der Waals surface area contributed by atoms with Crippen molar-refractivity contribution in [3.63, 3.8) is 0 Å². The molecule has 3 aromatic rings. The molecule has 2 aromatic carbocycles. The average molecular weight is 520 g/mol. The zero-order valence-corrected chi connectivity index (χ0v) is 18.2. The molecule has 1 heterocycles. The molecule has 12 heteroatoms. The Morgan fingerprint density at radius 2 is 1.50 bits per heavy atom. The highest BCUT2D eigenvalue weighted by Crippen LogP contribution is 2.37. The van der Waals surface area contributed by atoms with Crippen molar-refractivity contribution in [1.29, 1.82) is 0 Å². The van der Waals surface area contributed by atoms with Crippen molar-refractivity contribution in [3.05, 3.63) is 86.9 Å². The first-order chi connectivity index (χ1) is 15.8. The van der Waals surface area contributed by atoms with Gasteiger partial charge in [0, 0.05) is 25.9 Å². The minimum absolute atomic E-state index is 0.132. The van der Waals surface area contributed by atoms with Gasteiger partial charge in [-0.3, -0.25) is 4.79 Å². The van der Waals surface area contributed by atoms with Crippen LogP contribution in [0.2, 0.25) is 5.02 Å². The molecular weight excluding hydrogens is 508 g/mol. The van der Waals surface area contributed by atoms with Crippen molar-refractivity contribution in [2.24, 2.45) is 0 Å². The molecule has 0 aliphatic heterocycles. The third kappa shape index (κ3) is 5.97. The number of amides is 1. The quantitative estimate of drug-likeness (QED) is 0.283. The number of thiophene rings is 1. The van der Waals surface area contributed by atoms with Gasteiger partial charge in [-0.2, -0.15) is 26.3 Å². The second-order valence-electron chi connectivity index (χ2n) is 6.79. The predicted octanol–water partition coefficient (Wildman–Crippen LogP) is 6.96. The second kappa shape index (κ2) is 9.51. The Morgan fingerprint density at radius 3 is 2.03 bits per heavy atom. The van der Waals surface area contributed by atoms with E-state index in [9.17, 15) is 41.0 Å². The number of hydrogen-bond donors (Lipinski definition) is 2. The molecule has 0 aliphatic rings. The number of carbonyl (C=O) groups excluding carboxylic acids is 1. The van der Waals surface area contributed by atoms with E-state index in [2.05, 4.69) is 0 Å². The Kier molecular flexibility index (Phi) is 7.08. The molecule has 0 fully saturated rings. The first-order valence-corrected chi connectivity index (χ1v) is 10.4. The fourth-order valence-corrected chi connectivity index (χ4v) is 4.09. The molecule has 0 radical (unpaired) electrons. The van der Waals surface area contributed by atoms with Crippen LogP contribution in [0, 0.1) is 0 Å². The third-order valence-corrected chi connectivity index (χ3v) is 5.78. The zero-order chi connectivity index (χ0) is 25.3. The fraction of sp³-hybridized carbons (Fsp3) is 0.0909. The highest BCUT2D eigenvalue weighted by Gasteiger charge is 2.37. The Balaban J connectivity index is 1.94. The van der Waals surface area contributed by atoms with Crippen molar-refractivity contribution >= 4 is 40.9 Å². The van der Waals surface area contributed by atoms with Crippen molar-refractivity contribution < 1.29 is 41.0 Å². The van der Waals surface area contributed by atoms with E-state index < -0.39 is 46.6 Å². The lowest BCUT2D eigenvalue weighted by molar-refractivity contribution is -0.143. The summed E-state index contributed by atoms with van der Waals surface area (Å²) in [6, 6.07) is 10.3. The highest BCUT2D eigenvalue weighted by molar-refractivity contribution is 7.16. The van der Waals surface area contributed by atoms with Crippen molar-refractivity contribution in [3.8, 4) is 10.4 Å². The van der Waals surface area contributed by atoms with Crippen LogP contribution in [0.1, 0.15) is 26.4 Å². The van der Waals surface area contributed by atoms with Gasteiger partial charge in [0.2, 0.25) is 0 Å². The van der Waals surface area contributed by atoms with Gasteiger partial charge in [0.05, 0.1) is 11.1 Å². The van der Waals surface area contributed by atoms with Crippen molar-refractivity contribution in [2.45, 2.75) is 12.4 Å². The predicted molar refractivity (Wildman–Crippen MR) is 114 cm³/mol. The van der Waals surface area contributed by atoms with Crippen LogP contribution < -0.4 is 5.32 Å². The number of halogens is 7. The third-order valence-electron chi connectivity index (χ3n) is 4.38. The lowest BCUT2D eigenvalue weighted by Crippen LogP contribution is -2.28. The lowest BCUT2D eigenvalue weighted by atomic mass is 10.0. The van der Waals surface area contributed by atoms with Gasteiger partial charge in [-0.15, -0.1) is 11.3 Å². The first-order valence-electron chi connectivity index (χ1n) is 9.16. The van der Waals surface area contributed by atoms with Crippen LogP contribution in [0.25, 0.3) is 16.5 Å². The average Bonchev–Trinajstić information content (AvgIpc) is 3.20. The summed E-state index contributed by atoms with van der Waals surface area (Å²) in [4.78, 5) is 25.0. The summed E-state index contributed by atoms with van der Waals surface area (Å²) in [6.45, 7) is 0. The largest absolute Gasteiger partial charge is 0.477 e. The van der Waals surface area contributed by atoms with Crippen LogP contribution in [0.5, 0.6) is 0 Å². The molecule has 0 saturated carbocycles. The van der Waals surface area contributed by atoms with Crippen LogP contribution >= 0.6 is 22.9 Å². The van der Waals surface area contributed by atoms with E-state index in [0.717, 1.165) is 17.4 Å². The Morgan fingerprint density at radius 1 is 0.912 bits per heavy atom. The molecule has 0 bridgehead atoms. The molecule has 2 N–H and O–H groups in total. The lowest BCUT2D eigenvalue weighted by Gasteiger charge is -2.14. The van der Waals surface area contributed by atoms with Crippen LogP contribution in [-0.4, -0.2) is 17.0 Å². The van der Waals surface area contributed by atoms with Crippen LogP contribution in [0.3, 0.4) is 0 Å². The van der Waals surface area contributed by atoms with Crippen LogP contribution in [0.15, 0.2) is 60.3 Å². The van der Waals surface area contributed by atoms with Gasteiger partial charge in [0.15, 0.2) is 0 Å². The standard InChI is InChI=1S/C22H12ClF6NO3S/c23-16-4-2-1-3-15(16)18-6-5-14(34-18)10-17(20(32)33)30-19(31)11-7-12(21(24,25)26)9-13(8-11)22(27,28)29/h1-10H,(H,30,31)(H,32,33)/b17-10+. The van der Waals surface area contributed by atoms with Gasteiger partial charge in [-0.25, -0.2) is 4.79 Å². The fourth-order valence-electron chi connectivity index (χ4n) is 2.81. The number of aliphatic carboxylic acids is 1. The number of carboxylic acids is 1. The number of alkyl halides is 6. The van der Waals surface area contributed by atoms with E-state index in [4.69, 9.17) is 11.6 Å². The van der Waals surface area contributed by atoms with Crippen molar-refractivity contribution in [1.82, 2.24) is 5.32 Å².